The lowest BCUT2D eigenvalue weighted by Crippen LogP contribution is -2.24. The predicted octanol–water partition coefficient (Wildman–Crippen LogP) is 3.95. The number of aliphatic hydroxyl groups is 1. The molecule has 0 heterocycles. The van der Waals surface area contributed by atoms with Crippen molar-refractivity contribution >= 4 is 17.7 Å². The molecular weight excluding hydrogens is 284 g/mol. The van der Waals surface area contributed by atoms with Crippen LogP contribution in [0.4, 0.5) is 0 Å². The number of ether oxygens (including phenoxy) is 1. The van der Waals surface area contributed by atoms with E-state index in [0.29, 0.717) is 25.4 Å². The highest BCUT2D eigenvalue weighted by molar-refractivity contribution is 8.00. The lowest BCUT2D eigenvalue weighted by Gasteiger charge is -2.33. The Kier molecular flexibility index (Phi) is 8.42. The summed E-state index contributed by atoms with van der Waals surface area (Å²) in [6.07, 6.45) is 7.83. The third-order valence-electron chi connectivity index (χ3n) is 4.05. The molecule has 0 fully saturated rings. The van der Waals surface area contributed by atoms with Crippen LogP contribution in [0.1, 0.15) is 59.3 Å². The highest BCUT2D eigenvalue weighted by Gasteiger charge is 2.28. The summed E-state index contributed by atoms with van der Waals surface area (Å²) in [4.78, 5) is 11.6. The van der Waals surface area contributed by atoms with Crippen LogP contribution in [0, 0.1) is 5.92 Å². The molecule has 0 aromatic carbocycles. The van der Waals surface area contributed by atoms with Gasteiger partial charge in [-0.2, -0.15) is 11.8 Å². The molecule has 4 heteroatoms. The molecule has 0 amide bonds. The van der Waals surface area contributed by atoms with Crippen molar-refractivity contribution in [2.24, 2.45) is 5.92 Å². The van der Waals surface area contributed by atoms with Crippen LogP contribution in [0.25, 0.3) is 0 Å². The van der Waals surface area contributed by atoms with Gasteiger partial charge in [0.1, 0.15) is 0 Å². The van der Waals surface area contributed by atoms with Gasteiger partial charge in [0, 0.05) is 17.1 Å². The summed E-state index contributed by atoms with van der Waals surface area (Å²) < 4.78 is 5.41. The first kappa shape index (κ1) is 18.6. The zero-order chi connectivity index (χ0) is 15.7. The van der Waals surface area contributed by atoms with Gasteiger partial charge in [0.25, 0.3) is 0 Å². The number of hydrogen-bond acceptors (Lipinski definition) is 4. The van der Waals surface area contributed by atoms with Crippen molar-refractivity contribution in [1.29, 1.82) is 0 Å². The number of unbranched alkanes of at least 4 members (excludes halogenated alkanes) is 1. The molecule has 0 spiro atoms. The summed E-state index contributed by atoms with van der Waals surface area (Å²) >= 11 is 1.90. The Morgan fingerprint density at radius 2 is 2.24 bits per heavy atom. The lowest BCUT2D eigenvalue weighted by atomic mass is 9.85. The number of carbonyl (C=O) groups excluding carboxylic acids is 1. The number of esters is 1. The number of allylic oxidation sites excluding steroid dienone is 2. The first-order chi connectivity index (χ1) is 9.97. The molecule has 1 rings (SSSR count). The third-order valence-corrected chi connectivity index (χ3v) is 5.53. The fourth-order valence-electron chi connectivity index (χ4n) is 2.47. The molecule has 0 aromatic heterocycles. The molecule has 1 aliphatic carbocycles. The quantitative estimate of drug-likeness (QED) is 0.398. The average Bonchev–Trinajstić information content (AvgIpc) is 2.44. The number of carbonyl (C=O) groups is 1. The minimum atomic E-state index is -0.113. The van der Waals surface area contributed by atoms with Gasteiger partial charge < -0.3 is 9.84 Å². The van der Waals surface area contributed by atoms with Crippen LogP contribution in [0.5, 0.6) is 0 Å². The van der Waals surface area contributed by atoms with Crippen LogP contribution in [0.2, 0.25) is 0 Å². The summed E-state index contributed by atoms with van der Waals surface area (Å²) in [5.41, 5.74) is 1.58. The van der Waals surface area contributed by atoms with E-state index in [1.807, 2.05) is 11.8 Å². The standard InChI is InChI=1S/C17H30O3S/c1-14(2)15-6-9-17(3,10-7-15)21-13-8-16(19)20-12-5-4-11-18/h6,14,18H,4-5,7-13H2,1-3H3. The van der Waals surface area contributed by atoms with E-state index >= 15 is 0 Å². The van der Waals surface area contributed by atoms with E-state index in [1.165, 1.54) is 12.8 Å². The molecule has 0 radical (unpaired) electrons. The molecule has 0 saturated heterocycles. The Hall–Kier alpha value is -0.480. The topological polar surface area (TPSA) is 46.5 Å². The minimum absolute atomic E-state index is 0.113. The van der Waals surface area contributed by atoms with Crippen LogP contribution < -0.4 is 0 Å². The second kappa shape index (κ2) is 9.52. The number of rotatable bonds is 9. The van der Waals surface area contributed by atoms with Gasteiger partial charge in [0.05, 0.1) is 13.0 Å². The molecule has 1 aliphatic rings. The number of hydrogen-bond donors (Lipinski definition) is 1. The first-order valence-corrected chi connectivity index (χ1v) is 9.05. The molecular formula is C17H30O3S. The van der Waals surface area contributed by atoms with Crippen LogP contribution >= 0.6 is 11.8 Å². The second-order valence-corrected chi connectivity index (χ2v) is 8.02. The number of aliphatic hydroxyl groups excluding tert-OH is 1. The van der Waals surface area contributed by atoms with E-state index in [9.17, 15) is 4.79 Å². The molecule has 122 valence electrons. The number of thioether (sulfide) groups is 1. The van der Waals surface area contributed by atoms with Gasteiger partial charge in [-0.1, -0.05) is 32.4 Å². The Morgan fingerprint density at radius 3 is 2.81 bits per heavy atom. The highest BCUT2D eigenvalue weighted by atomic mass is 32.2. The smallest absolute Gasteiger partial charge is 0.306 e. The molecule has 3 nitrogen and oxygen atoms in total. The summed E-state index contributed by atoms with van der Waals surface area (Å²) in [7, 11) is 0. The van der Waals surface area contributed by atoms with Gasteiger partial charge in [0.15, 0.2) is 0 Å². The molecule has 1 unspecified atom stereocenters. The zero-order valence-electron chi connectivity index (χ0n) is 13.7. The predicted molar refractivity (Wildman–Crippen MR) is 89.5 cm³/mol. The third kappa shape index (κ3) is 7.37. The summed E-state index contributed by atoms with van der Waals surface area (Å²) in [6.45, 7) is 7.42. The monoisotopic (exact) mass is 314 g/mol. The second-order valence-electron chi connectivity index (χ2n) is 6.34. The summed E-state index contributed by atoms with van der Waals surface area (Å²) in [6, 6.07) is 0. The van der Waals surface area contributed by atoms with Crippen LogP contribution in [0.3, 0.4) is 0 Å². The molecule has 1 N–H and O–H groups in total. The zero-order valence-corrected chi connectivity index (χ0v) is 14.5. The summed E-state index contributed by atoms with van der Waals surface area (Å²) in [5, 5.41) is 8.65. The van der Waals surface area contributed by atoms with Crippen LogP contribution in [-0.4, -0.2) is 34.8 Å². The van der Waals surface area contributed by atoms with Crippen molar-refractivity contribution in [3.8, 4) is 0 Å². The SMILES string of the molecule is CC(C)C1=CCC(C)(SCCC(=O)OCCCCO)CC1. The largest absolute Gasteiger partial charge is 0.466 e. The van der Waals surface area contributed by atoms with Gasteiger partial charge in [-0.25, -0.2) is 0 Å². The van der Waals surface area contributed by atoms with E-state index in [-0.39, 0.29) is 17.3 Å². The molecule has 21 heavy (non-hydrogen) atoms. The lowest BCUT2D eigenvalue weighted by molar-refractivity contribution is -0.143. The van der Waals surface area contributed by atoms with Gasteiger partial charge in [0.2, 0.25) is 0 Å². The Balaban J connectivity index is 2.19. The molecule has 0 aromatic rings. The van der Waals surface area contributed by atoms with E-state index in [4.69, 9.17) is 9.84 Å². The van der Waals surface area contributed by atoms with Crippen molar-refractivity contribution in [3.05, 3.63) is 11.6 Å². The Morgan fingerprint density at radius 1 is 1.48 bits per heavy atom. The van der Waals surface area contributed by atoms with Crippen molar-refractivity contribution in [2.75, 3.05) is 19.0 Å². The van der Waals surface area contributed by atoms with Gasteiger partial charge in [-0.15, -0.1) is 0 Å². The normalized spacial score (nSPS) is 22.2. The van der Waals surface area contributed by atoms with Gasteiger partial charge in [-0.05, 0) is 38.0 Å². The fraction of sp³-hybridized carbons (Fsp3) is 0.824. The van der Waals surface area contributed by atoms with Crippen molar-refractivity contribution in [2.45, 2.75) is 64.0 Å². The van der Waals surface area contributed by atoms with E-state index < -0.39 is 0 Å². The first-order valence-electron chi connectivity index (χ1n) is 8.06. The van der Waals surface area contributed by atoms with E-state index in [0.717, 1.165) is 18.6 Å². The fourth-order valence-corrected chi connectivity index (χ4v) is 3.68. The minimum Gasteiger partial charge on any atom is -0.466 e. The van der Waals surface area contributed by atoms with E-state index in [1.54, 1.807) is 5.57 Å². The Labute approximate surface area is 133 Å². The van der Waals surface area contributed by atoms with E-state index in [2.05, 4.69) is 26.8 Å². The maximum atomic E-state index is 11.6. The van der Waals surface area contributed by atoms with Crippen molar-refractivity contribution in [3.63, 3.8) is 0 Å². The molecule has 0 saturated carbocycles. The summed E-state index contributed by atoms with van der Waals surface area (Å²) in [5.74, 6) is 1.38. The van der Waals surface area contributed by atoms with Crippen molar-refractivity contribution < 1.29 is 14.6 Å². The van der Waals surface area contributed by atoms with Gasteiger partial charge in [-0.3, -0.25) is 4.79 Å². The van der Waals surface area contributed by atoms with Crippen LogP contribution in [0.15, 0.2) is 11.6 Å². The molecule has 1 atom stereocenters. The van der Waals surface area contributed by atoms with Gasteiger partial charge >= 0.3 is 5.97 Å². The molecule has 0 aliphatic heterocycles. The Bertz CT molecular complexity index is 352. The van der Waals surface area contributed by atoms with Crippen molar-refractivity contribution in [1.82, 2.24) is 0 Å². The molecule has 0 bridgehead atoms. The average molecular weight is 314 g/mol. The maximum absolute atomic E-state index is 11.6. The van der Waals surface area contributed by atoms with Crippen LogP contribution in [-0.2, 0) is 9.53 Å². The highest BCUT2D eigenvalue weighted by Crippen LogP contribution is 2.40. The maximum Gasteiger partial charge on any atom is 0.306 e.